The Kier molecular flexibility index (Phi) is 5.14. The van der Waals surface area contributed by atoms with Gasteiger partial charge in [-0.15, -0.1) is 0 Å². The molecule has 0 amide bonds. The van der Waals surface area contributed by atoms with Gasteiger partial charge in [0.25, 0.3) is 0 Å². The van der Waals surface area contributed by atoms with Crippen LogP contribution in [0.3, 0.4) is 0 Å². The third kappa shape index (κ3) is 3.58. The van der Waals surface area contributed by atoms with Gasteiger partial charge in [0.2, 0.25) is 0 Å². The summed E-state index contributed by atoms with van der Waals surface area (Å²) >= 11 is 0. The molecule has 24 heavy (non-hydrogen) atoms. The fourth-order valence-corrected chi connectivity index (χ4v) is 3.11. The molecule has 6 heteroatoms. The number of hydrogen-bond donors (Lipinski definition) is 1. The number of aryl methyl sites for hydroxylation is 1. The Balaban J connectivity index is 1.69. The lowest BCUT2D eigenvalue weighted by molar-refractivity contribution is -0.0112. The maximum atomic E-state index is 9.20. The van der Waals surface area contributed by atoms with E-state index in [1.165, 1.54) is 0 Å². The molecular formula is C18H22N4O2. The van der Waals surface area contributed by atoms with Crippen molar-refractivity contribution >= 4 is 0 Å². The van der Waals surface area contributed by atoms with Crippen LogP contribution >= 0.6 is 0 Å². The van der Waals surface area contributed by atoms with Gasteiger partial charge in [-0.05, 0) is 30.5 Å². The number of nitrogens with one attached hydrogen (secondary N) is 1. The minimum absolute atomic E-state index is 0.0149. The molecule has 0 radical (unpaired) electrons. The predicted molar refractivity (Wildman–Crippen MR) is 89.5 cm³/mol. The summed E-state index contributed by atoms with van der Waals surface area (Å²) in [6.45, 7) is 1.46. The molecule has 126 valence electrons. The molecule has 6 nitrogen and oxygen atoms in total. The molecule has 2 atom stereocenters. The fourth-order valence-electron chi connectivity index (χ4n) is 3.11. The summed E-state index contributed by atoms with van der Waals surface area (Å²) in [6, 6.07) is 8.10. The molecule has 2 heterocycles. The van der Waals surface area contributed by atoms with Crippen molar-refractivity contribution in [3.05, 3.63) is 47.3 Å². The molecule has 1 fully saturated rings. The molecule has 0 spiro atoms. The summed E-state index contributed by atoms with van der Waals surface area (Å²) in [5, 5.41) is 17.0. The van der Waals surface area contributed by atoms with E-state index in [-0.39, 0.29) is 12.1 Å². The average molecular weight is 326 g/mol. The number of hydrogen-bond acceptors (Lipinski definition) is 5. The zero-order valence-electron chi connectivity index (χ0n) is 14.0. The van der Waals surface area contributed by atoms with Gasteiger partial charge in [-0.1, -0.05) is 6.07 Å². The first-order valence-corrected chi connectivity index (χ1v) is 8.12. The molecule has 0 unspecified atom stereocenters. The SMILES string of the molecule is COc1ccc(CN[C@H]2CCCO[C@@H]2c2cnn(C)c2)cc1C#N. The van der Waals surface area contributed by atoms with Gasteiger partial charge in [0.1, 0.15) is 17.9 Å². The third-order valence-corrected chi connectivity index (χ3v) is 4.33. The van der Waals surface area contributed by atoms with Crippen LogP contribution < -0.4 is 10.1 Å². The lowest BCUT2D eigenvalue weighted by atomic mass is 9.97. The zero-order chi connectivity index (χ0) is 16.9. The first kappa shape index (κ1) is 16.5. The molecule has 1 aliphatic heterocycles. The van der Waals surface area contributed by atoms with Gasteiger partial charge < -0.3 is 14.8 Å². The van der Waals surface area contributed by atoms with Gasteiger partial charge in [-0.25, -0.2) is 0 Å². The maximum absolute atomic E-state index is 9.20. The molecule has 1 saturated heterocycles. The van der Waals surface area contributed by atoms with Gasteiger partial charge in [-0.3, -0.25) is 4.68 Å². The molecular weight excluding hydrogens is 304 g/mol. The summed E-state index contributed by atoms with van der Waals surface area (Å²) in [6.07, 6.45) is 5.99. The van der Waals surface area contributed by atoms with E-state index in [0.29, 0.717) is 17.9 Å². The third-order valence-electron chi connectivity index (χ3n) is 4.33. The van der Waals surface area contributed by atoms with E-state index in [1.54, 1.807) is 11.8 Å². The predicted octanol–water partition coefficient (Wildman–Crippen LogP) is 2.31. The molecule has 1 aromatic carbocycles. The summed E-state index contributed by atoms with van der Waals surface area (Å²) in [5.74, 6) is 0.607. The summed E-state index contributed by atoms with van der Waals surface area (Å²) in [4.78, 5) is 0. The number of aromatic nitrogens is 2. The highest BCUT2D eigenvalue weighted by Gasteiger charge is 2.28. The highest BCUT2D eigenvalue weighted by atomic mass is 16.5. The minimum atomic E-state index is 0.0149. The molecule has 1 aromatic heterocycles. The topological polar surface area (TPSA) is 72.1 Å². The van der Waals surface area contributed by atoms with Crippen LogP contribution in [0, 0.1) is 11.3 Å². The molecule has 0 saturated carbocycles. The van der Waals surface area contributed by atoms with Crippen LogP contribution in [-0.2, 0) is 18.3 Å². The number of nitrogens with zero attached hydrogens (tertiary/aromatic N) is 3. The quantitative estimate of drug-likeness (QED) is 0.913. The first-order valence-electron chi connectivity index (χ1n) is 8.12. The Hall–Kier alpha value is -2.36. The van der Waals surface area contributed by atoms with Crippen LogP contribution in [-0.4, -0.2) is 29.5 Å². The number of methoxy groups -OCH3 is 1. The van der Waals surface area contributed by atoms with Crippen molar-refractivity contribution < 1.29 is 9.47 Å². The molecule has 1 N–H and O–H groups in total. The fraction of sp³-hybridized carbons (Fsp3) is 0.444. The highest BCUT2D eigenvalue weighted by molar-refractivity contribution is 5.45. The van der Waals surface area contributed by atoms with E-state index < -0.39 is 0 Å². The van der Waals surface area contributed by atoms with Gasteiger partial charge in [-0.2, -0.15) is 10.4 Å². The van der Waals surface area contributed by atoms with Crippen LogP contribution in [0.25, 0.3) is 0 Å². The second-order valence-corrected chi connectivity index (χ2v) is 6.01. The number of nitriles is 1. The first-order chi connectivity index (χ1) is 11.7. The molecule has 0 aliphatic carbocycles. The summed E-state index contributed by atoms with van der Waals surface area (Å²) in [7, 11) is 3.49. The second-order valence-electron chi connectivity index (χ2n) is 6.01. The van der Waals surface area contributed by atoms with Crippen molar-refractivity contribution in [2.75, 3.05) is 13.7 Å². The van der Waals surface area contributed by atoms with E-state index in [0.717, 1.165) is 30.6 Å². The Bertz CT molecular complexity index is 735. The number of benzene rings is 1. The molecule has 1 aliphatic rings. The van der Waals surface area contributed by atoms with Gasteiger partial charge in [0.05, 0.1) is 18.9 Å². The normalized spacial score (nSPS) is 20.5. The van der Waals surface area contributed by atoms with Crippen molar-refractivity contribution in [3.8, 4) is 11.8 Å². The molecule has 2 aromatic rings. The highest BCUT2D eigenvalue weighted by Crippen LogP contribution is 2.28. The van der Waals surface area contributed by atoms with Crippen LogP contribution in [0.2, 0.25) is 0 Å². The molecule has 3 rings (SSSR count). The second kappa shape index (κ2) is 7.47. The van der Waals surface area contributed by atoms with E-state index in [9.17, 15) is 5.26 Å². The summed E-state index contributed by atoms with van der Waals surface area (Å²) in [5.41, 5.74) is 2.71. The van der Waals surface area contributed by atoms with Crippen molar-refractivity contribution in [2.45, 2.75) is 31.5 Å². The Morgan fingerprint density at radius 3 is 3.08 bits per heavy atom. The van der Waals surface area contributed by atoms with Crippen molar-refractivity contribution in [1.29, 1.82) is 5.26 Å². The van der Waals surface area contributed by atoms with Crippen LogP contribution in [0.1, 0.15) is 35.6 Å². The van der Waals surface area contributed by atoms with Crippen molar-refractivity contribution in [3.63, 3.8) is 0 Å². The zero-order valence-corrected chi connectivity index (χ0v) is 14.0. The number of ether oxygens (including phenoxy) is 2. The van der Waals surface area contributed by atoms with Crippen molar-refractivity contribution in [2.24, 2.45) is 7.05 Å². The number of rotatable bonds is 5. The van der Waals surface area contributed by atoms with E-state index >= 15 is 0 Å². The smallest absolute Gasteiger partial charge is 0.136 e. The summed E-state index contributed by atoms with van der Waals surface area (Å²) < 4.78 is 13.0. The van der Waals surface area contributed by atoms with Crippen molar-refractivity contribution in [1.82, 2.24) is 15.1 Å². The molecule has 0 bridgehead atoms. The van der Waals surface area contributed by atoms with E-state index in [4.69, 9.17) is 9.47 Å². The average Bonchev–Trinajstić information content (AvgIpc) is 3.06. The van der Waals surface area contributed by atoms with Gasteiger partial charge in [0.15, 0.2) is 0 Å². The van der Waals surface area contributed by atoms with E-state index in [2.05, 4.69) is 16.5 Å². The Morgan fingerprint density at radius 1 is 1.50 bits per heavy atom. The minimum Gasteiger partial charge on any atom is -0.495 e. The Labute approximate surface area is 142 Å². The lowest BCUT2D eigenvalue weighted by Gasteiger charge is -2.32. The maximum Gasteiger partial charge on any atom is 0.136 e. The van der Waals surface area contributed by atoms with Gasteiger partial charge in [0, 0.05) is 38.0 Å². The van der Waals surface area contributed by atoms with Crippen LogP contribution in [0.4, 0.5) is 0 Å². The Morgan fingerprint density at radius 2 is 2.38 bits per heavy atom. The standard InChI is InChI=1S/C18H22N4O2/c1-22-12-15(11-21-22)18-16(4-3-7-24-18)20-10-13-5-6-17(23-2)14(8-13)9-19/h5-6,8,11-12,16,18,20H,3-4,7,10H2,1-2H3/t16-,18+/m0/s1. The lowest BCUT2D eigenvalue weighted by Crippen LogP contribution is -2.39. The largest absolute Gasteiger partial charge is 0.495 e. The van der Waals surface area contributed by atoms with Gasteiger partial charge >= 0.3 is 0 Å². The van der Waals surface area contributed by atoms with E-state index in [1.807, 2.05) is 37.6 Å². The van der Waals surface area contributed by atoms with Crippen LogP contribution in [0.15, 0.2) is 30.6 Å². The van der Waals surface area contributed by atoms with Crippen LogP contribution in [0.5, 0.6) is 5.75 Å². The monoisotopic (exact) mass is 326 g/mol.